The monoisotopic (exact) mass is 212 g/mol. The topological polar surface area (TPSA) is 53.6 Å². The summed E-state index contributed by atoms with van der Waals surface area (Å²) in [7, 11) is 1.71. The average Bonchev–Trinajstić information content (AvgIpc) is 2.29. The molecular weight excluding hydrogens is 188 g/mol. The van der Waals surface area contributed by atoms with Crippen molar-refractivity contribution in [2.24, 2.45) is 16.6 Å². The van der Waals surface area contributed by atoms with Gasteiger partial charge in [0.15, 0.2) is 5.96 Å². The van der Waals surface area contributed by atoms with Crippen LogP contribution in [0, 0.1) is 5.92 Å². The van der Waals surface area contributed by atoms with Gasteiger partial charge in [0.25, 0.3) is 0 Å². The Morgan fingerprint density at radius 1 is 1.47 bits per heavy atom. The number of hydrogen-bond acceptors (Lipinski definition) is 2. The fourth-order valence-corrected chi connectivity index (χ4v) is 2.07. The van der Waals surface area contributed by atoms with Gasteiger partial charge in [-0.1, -0.05) is 6.92 Å². The maximum atomic E-state index is 5.56. The third-order valence-electron chi connectivity index (χ3n) is 3.25. The Bertz CT molecular complexity index is 195. The van der Waals surface area contributed by atoms with Crippen LogP contribution in [0.1, 0.15) is 26.2 Å². The smallest absolute Gasteiger partial charge is 0.188 e. The number of nitrogens with one attached hydrogen (secondary N) is 1. The number of guanidine groups is 1. The second-order valence-electron chi connectivity index (χ2n) is 4.20. The zero-order chi connectivity index (χ0) is 11.1. The van der Waals surface area contributed by atoms with E-state index in [9.17, 15) is 0 Å². The Balaban J connectivity index is 2.08. The van der Waals surface area contributed by atoms with Crippen molar-refractivity contribution in [2.45, 2.75) is 26.2 Å². The van der Waals surface area contributed by atoms with E-state index in [0.29, 0.717) is 5.96 Å². The van der Waals surface area contributed by atoms with Gasteiger partial charge in [-0.25, -0.2) is 0 Å². The molecule has 0 spiro atoms. The predicted octanol–water partition coefficient (Wildman–Crippen LogP) is 0.643. The number of aliphatic imine (C=N–C) groups is 1. The zero-order valence-electron chi connectivity index (χ0n) is 10.00. The predicted molar refractivity (Wildman–Crippen MR) is 65.0 cm³/mol. The molecule has 0 saturated carbocycles. The van der Waals surface area contributed by atoms with Crippen LogP contribution in [0.4, 0.5) is 0 Å². The first kappa shape index (κ1) is 12.3. The Morgan fingerprint density at radius 2 is 2.13 bits per heavy atom. The first-order valence-corrected chi connectivity index (χ1v) is 5.94. The Kier molecular flexibility index (Phi) is 5.47. The summed E-state index contributed by atoms with van der Waals surface area (Å²) in [5.41, 5.74) is 5.56. The van der Waals surface area contributed by atoms with Gasteiger partial charge in [0.05, 0.1) is 0 Å². The maximum Gasteiger partial charge on any atom is 0.188 e. The minimum absolute atomic E-state index is 0.556. The summed E-state index contributed by atoms with van der Waals surface area (Å²) >= 11 is 0. The van der Waals surface area contributed by atoms with Gasteiger partial charge in [0, 0.05) is 13.6 Å². The van der Waals surface area contributed by atoms with Gasteiger partial charge < -0.3 is 16.0 Å². The number of hydrogen-bond donors (Lipinski definition) is 2. The Labute approximate surface area is 92.9 Å². The van der Waals surface area contributed by atoms with Gasteiger partial charge in [-0.05, 0) is 44.8 Å². The molecular formula is C11H24N4. The van der Waals surface area contributed by atoms with E-state index >= 15 is 0 Å². The quantitative estimate of drug-likeness (QED) is 0.531. The van der Waals surface area contributed by atoms with Crippen LogP contribution in [-0.4, -0.2) is 44.1 Å². The minimum atomic E-state index is 0.556. The molecule has 4 heteroatoms. The lowest BCUT2D eigenvalue weighted by molar-refractivity contribution is 0.187. The van der Waals surface area contributed by atoms with Crippen LogP contribution >= 0.6 is 0 Å². The largest absolute Gasteiger partial charge is 0.370 e. The molecule has 1 aliphatic heterocycles. The van der Waals surface area contributed by atoms with Crippen LogP contribution in [0.5, 0.6) is 0 Å². The van der Waals surface area contributed by atoms with E-state index in [1.54, 1.807) is 7.05 Å². The fourth-order valence-electron chi connectivity index (χ4n) is 2.07. The Hall–Kier alpha value is -0.770. The third-order valence-corrected chi connectivity index (χ3v) is 3.25. The summed E-state index contributed by atoms with van der Waals surface area (Å²) in [4.78, 5) is 6.39. The number of nitrogens with zero attached hydrogens (tertiary/aromatic N) is 2. The lowest BCUT2D eigenvalue weighted by Gasteiger charge is -2.31. The van der Waals surface area contributed by atoms with E-state index in [0.717, 1.165) is 12.5 Å². The van der Waals surface area contributed by atoms with Gasteiger partial charge in [0.1, 0.15) is 0 Å². The van der Waals surface area contributed by atoms with E-state index in [1.165, 1.54) is 38.9 Å². The molecule has 0 bridgehead atoms. The highest BCUT2D eigenvalue weighted by Crippen LogP contribution is 2.19. The first-order chi connectivity index (χ1) is 7.26. The van der Waals surface area contributed by atoms with Gasteiger partial charge in [-0.15, -0.1) is 0 Å². The van der Waals surface area contributed by atoms with Crippen LogP contribution in [0.2, 0.25) is 0 Å². The number of likely N-dealkylation sites (tertiary alicyclic amines) is 1. The summed E-state index contributed by atoms with van der Waals surface area (Å²) in [5, 5.41) is 3.12. The zero-order valence-corrected chi connectivity index (χ0v) is 10.00. The number of piperidine rings is 1. The highest BCUT2D eigenvalue weighted by atomic mass is 15.1. The molecule has 0 unspecified atom stereocenters. The third kappa shape index (κ3) is 4.51. The molecule has 88 valence electrons. The first-order valence-electron chi connectivity index (χ1n) is 5.94. The van der Waals surface area contributed by atoms with Crippen molar-refractivity contribution in [3.63, 3.8) is 0 Å². The van der Waals surface area contributed by atoms with Gasteiger partial charge >= 0.3 is 0 Å². The molecule has 1 aliphatic rings. The highest BCUT2D eigenvalue weighted by Gasteiger charge is 2.17. The molecule has 15 heavy (non-hydrogen) atoms. The molecule has 0 aliphatic carbocycles. The summed E-state index contributed by atoms with van der Waals surface area (Å²) in [6, 6.07) is 0. The highest BCUT2D eigenvalue weighted by molar-refractivity contribution is 5.77. The van der Waals surface area contributed by atoms with E-state index in [2.05, 4.69) is 22.1 Å². The molecule has 0 amide bonds. The number of rotatable bonds is 4. The second kappa shape index (κ2) is 6.67. The lowest BCUT2D eigenvalue weighted by atomic mass is 9.93. The van der Waals surface area contributed by atoms with Crippen molar-refractivity contribution >= 4 is 5.96 Å². The molecule has 3 N–H and O–H groups in total. The molecule has 0 aromatic rings. The van der Waals surface area contributed by atoms with E-state index in [4.69, 9.17) is 5.73 Å². The van der Waals surface area contributed by atoms with Gasteiger partial charge in [-0.3, -0.25) is 4.99 Å². The normalized spacial score (nSPS) is 20.5. The van der Waals surface area contributed by atoms with Crippen molar-refractivity contribution in [1.29, 1.82) is 0 Å². The van der Waals surface area contributed by atoms with E-state index in [1.807, 2.05) is 0 Å². The molecule has 0 radical (unpaired) electrons. The Morgan fingerprint density at radius 3 is 2.67 bits per heavy atom. The van der Waals surface area contributed by atoms with Gasteiger partial charge in [0.2, 0.25) is 0 Å². The second-order valence-corrected chi connectivity index (χ2v) is 4.20. The molecule has 0 aromatic carbocycles. The number of nitrogens with two attached hydrogens (primary N) is 1. The lowest BCUT2D eigenvalue weighted by Crippen LogP contribution is -2.36. The van der Waals surface area contributed by atoms with Crippen molar-refractivity contribution in [1.82, 2.24) is 10.2 Å². The van der Waals surface area contributed by atoms with Crippen LogP contribution in [0.15, 0.2) is 4.99 Å². The molecule has 1 heterocycles. The summed E-state index contributed by atoms with van der Waals surface area (Å²) in [5.74, 6) is 1.42. The maximum absolute atomic E-state index is 5.56. The fraction of sp³-hybridized carbons (Fsp3) is 0.909. The van der Waals surface area contributed by atoms with E-state index < -0.39 is 0 Å². The van der Waals surface area contributed by atoms with Crippen LogP contribution in [0.3, 0.4) is 0 Å². The molecule has 1 rings (SSSR count). The molecule has 1 saturated heterocycles. The molecule has 0 atom stereocenters. The van der Waals surface area contributed by atoms with Crippen LogP contribution < -0.4 is 11.1 Å². The molecule has 4 nitrogen and oxygen atoms in total. The minimum Gasteiger partial charge on any atom is -0.370 e. The van der Waals surface area contributed by atoms with Crippen molar-refractivity contribution in [3.8, 4) is 0 Å². The van der Waals surface area contributed by atoms with Crippen molar-refractivity contribution in [2.75, 3.05) is 33.2 Å². The van der Waals surface area contributed by atoms with Crippen LogP contribution in [-0.2, 0) is 0 Å². The van der Waals surface area contributed by atoms with E-state index in [-0.39, 0.29) is 0 Å². The van der Waals surface area contributed by atoms with Crippen molar-refractivity contribution < 1.29 is 0 Å². The van der Waals surface area contributed by atoms with Crippen molar-refractivity contribution in [3.05, 3.63) is 0 Å². The van der Waals surface area contributed by atoms with Gasteiger partial charge in [-0.2, -0.15) is 0 Å². The SMILES string of the molecule is CCN1CCC(CCNC(N)=NC)CC1. The summed E-state index contributed by atoms with van der Waals surface area (Å²) < 4.78 is 0. The molecule has 1 fully saturated rings. The molecule has 0 aromatic heterocycles. The van der Waals surface area contributed by atoms with Crippen LogP contribution in [0.25, 0.3) is 0 Å². The summed E-state index contributed by atoms with van der Waals surface area (Å²) in [6.07, 6.45) is 3.88. The summed E-state index contributed by atoms with van der Waals surface area (Å²) in [6.45, 7) is 6.91. The average molecular weight is 212 g/mol. The standard InChI is InChI=1S/C11H24N4/c1-3-15-8-5-10(6-9-15)4-7-14-11(12)13-2/h10H,3-9H2,1-2H3,(H3,12,13,14).